The van der Waals surface area contributed by atoms with Crippen LogP contribution in [0, 0.1) is 0 Å². The molecule has 0 unspecified atom stereocenters. The van der Waals surface area contributed by atoms with Gasteiger partial charge in [-0.15, -0.1) is 0 Å². The molecule has 5 heteroatoms. The number of carboxylic acids is 1. The number of carboxylic acid groups (broad SMARTS) is 1. The van der Waals surface area contributed by atoms with Crippen LogP contribution in [0.3, 0.4) is 0 Å². The van der Waals surface area contributed by atoms with E-state index in [0.717, 1.165) is 0 Å². The summed E-state index contributed by atoms with van der Waals surface area (Å²) in [5.74, 6) is -0.745. The third-order valence-electron chi connectivity index (χ3n) is 1.13. The summed E-state index contributed by atoms with van der Waals surface area (Å²) < 4.78 is 0. The third kappa shape index (κ3) is 7.01. The Morgan fingerprint density at radius 1 is 1.14 bits per heavy atom. The quantitative estimate of drug-likeness (QED) is 0.819. The maximum Gasteiger partial charge on any atom is 0.303 e. The van der Waals surface area contributed by atoms with Crippen LogP contribution in [0.25, 0.3) is 0 Å². The van der Waals surface area contributed by atoms with E-state index < -0.39 is 5.97 Å². The average Bonchev–Trinajstić information content (AvgIpc) is 2.02. The Bertz CT molecular complexity index is 262. The number of hydrogen-bond donors (Lipinski definition) is 1. The first-order valence-electron chi connectivity index (χ1n) is 3.79. The summed E-state index contributed by atoms with van der Waals surface area (Å²) in [5, 5.41) is 9.41. The van der Waals surface area contributed by atoms with Gasteiger partial charge in [0.25, 0.3) is 0 Å². The van der Waals surface area contributed by atoms with Crippen LogP contribution in [-0.2, 0) is 4.79 Å². The van der Waals surface area contributed by atoms with Crippen molar-refractivity contribution in [3.8, 4) is 0 Å². The molecule has 0 spiro atoms. The fourth-order valence-electron chi connectivity index (χ4n) is 0.520. The van der Waals surface area contributed by atoms with E-state index in [1.54, 1.807) is 25.1 Å². The summed E-state index contributed by atoms with van der Waals surface area (Å²) >= 11 is 16.7. The van der Waals surface area contributed by atoms with Crippen LogP contribution in [0.5, 0.6) is 0 Å². The minimum atomic E-state index is -0.745. The van der Waals surface area contributed by atoms with Gasteiger partial charge in [-0.05, 0) is 18.2 Å². The Kier molecular flexibility index (Phi) is 6.71. The van der Waals surface area contributed by atoms with E-state index in [-0.39, 0.29) is 6.42 Å². The van der Waals surface area contributed by atoms with Gasteiger partial charge in [-0.25, -0.2) is 0 Å². The van der Waals surface area contributed by atoms with Crippen molar-refractivity contribution in [1.29, 1.82) is 0 Å². The van der Waals surface area contributed by atoms with E-state index in [1.165, 1.54) is 0 Å². The van der Waals surface area contributed by atoms with Gasteiger partial charge < -0.3 is 5.11 Å². The highest BCUT2D eigenvalue weighted by Gasteiger charge is 1.92. The van der Waals surface area contributed by atoms with Crippen LogP contribution >= 0.6 is 34.8 Å². The molecule has 14 heavy (non-hydrogen) atoms. The first kappa shape index (κ1) is 13.6. The smallest absolute Gasteiger partial charge is 0.303 e. The Labute approximate surface area is 97.4 Å². The van der Waals surface area contributed by atoms with Crippen molar-refractivity contribution >= 4 is 40.8 Å². The van der Waals surface area contributed by atoms with E-state index in [2.05, 4.69) is 0 Å². The molecule has 0 heterocycles. The van der Waals surface area contributed by atoms with Crippen molar-refractivity contribution in [1.82, 2.24) is 0 Å². The zero-order valence-electron chi connectivity index (χ0n) is 7.43. The molecule has 0 aromatic heterocycles. The Balaban J connectivity index is 0.000000292. The Hall–Kier alpha value is -0.440. The van der Waals surface area contributed by atoms with E-state index in [9.17, 15) is 4.79 Å². The van der Waals surface area contributed by atoms with Crippen molar-refractivity contribution < 1.29 is 9.90 Å². The second-order valence-electron chi connectivity index (χ2n) is 2.33. The first-order chi connectivity index (χ1) is 6.45. The molecule has 2 nitrogen and oxygen atoms in total. The molecule has 1 rings (SSSR count). The molecule has 0 atom stereocenters. The number of carbonyl (C=O) groups is 1. The van der Waals surface area contributed by atoms with Crippen molar-refractivity contribution in [3.63, 3.8) is 0 Å². The van der Waals surface area contributed by atoms with Crippen LogP contribution in [0.4, 0.5) is 0 Å². The predicted molar refractivity (Wildman–Crippen MR) is 59.4 cm³/mol. The highest BCUT2D eigenvalue weighted by atomic mass is 35.5. The minimum Gasteiger partial charge on any atom is -0.481 e. The van der Waals surface area contributed by atoms with Crippen molar-refractivity contribution in [3.05, 3.63) is 33.3 Å². The lowest BCUT2D eigenvalue weighted by Crippen LogP contribution is -1.86. The lowest BCUT2D eigenvalue weighted by Gasteiger charge is -1.91. The SMILES string of the molecule is CCC(=O)O.Clc1cc(Cl)cc(Cl)c1. The van der Waals surface area contributed by atoms with Crippen LogP contribution in [0.1, 0.15) is 13.3 Å². The molecule has 1 aromatic carbocycles. The van der Waals surface area contributed by atoms with E-state index in [4.69, 9.17) is 39.9 Å². The predicted octanol–water partition coefficient (Wildman–Crippen LogP) is 4.13. The van der Waals surface area contributed by atoms with Crippen LogP contribution in [-0.4, -0.2) is 11.1 Å². The molecule has 1 N–H and O–H groups in total. The number of hydrogen-bond acceptors (Lipinski definition) is 1. The zero-order chi connectivity index (χ0) is 11.1. The summed E-state index contributed by atoms with van der Waals surface area (Å²) in [7, 11) is 0. The number of halogens is 3. The van der Waals surface area contributed by atoms with Gasteiger partial charge in [-0.3, -0.25) is 4.79 Å². The molecule has 1 aromatic rings. The minimum absolute atomic E-state index is 0.222. The second-order valence-corrected chi connectivity index (χ2v) is 3.64. The molecule has 0 fully saturated rings. The Morgan fingerprint density at radius 2 is 1.36 bits per heavy atom. The lowest BCUT2D eigenvalue weighted by atomic mass is 10.4. The molecule has 0 aliphatic heterocycles. The fraction of sp³-hybridized carbons (Fsp3) is 0.222. The van der Waals surface area contributed by atoms with Gasteiger partial charge in [-0.2, -0.15) is 0 Å². The molecule has 0 bridgehead atoms. The number of benzene rings is 1. The molecular formula is C9H9Cl3O2. The van der Waals surface area contributed by atoms with Gasteiger partial charge in [0.05, 0.1) is 0 Å². The second kappa shape index (κ2) is 6.93. The van der Waals surface area contributed by atoms with Gasteiger partial charge in [0, 0.05) is 21.5 Å². The summed E-state index contributed by atoms with van der Waals surface area (Å²) in [6.45, 7) is 1.60. The summed E-state index contributed by atoms with van der Waals surface area (Å²) in [6, 6.07) is 4.90. The van der Waals surface area contributed by atoms with Gasteiger partial charge in [0.2, 0.25) is 0 Å². The maximum atomic E-state index is 9.37. The van der Waals surface area contributed by atoms with Gasteiger partial charge in [-0.1, -0.05) is 41.7 Å². The van der Waals surface area contributed by atoms with Crippen molar-refractivity contribution in [2.45, 2.75) is 13.3 Å². The number of rotatable bonds is 1. The van der Waals surface area contributed by atoms with Crippen LogP contribution in [0.2, 0.25) is 15.1 Å². The largest absolute Gasteiger partial charge is 0.481 e. The van der Waals surface area contributed by atoms with E-state index in [1.807, 2.05) is 0 Å². The fourth-order valence-corrected chi connectivity index (χ4v) is 1.39. The summed E-state index contributed by atoms with van der Waals surface area (Å²) in [5.41, 5.74) is 0. The molecule has 0 aliphatic carbocycles. The van der Waals surface area contributed by atoms with Crippen LogP contribution < -0.4 is 0 Å². The monoisotopic (exact) mass is 254 g/mol. The molecule has 0 aliphatic rings. The van der Waals surface area contributed by atoms with E-state index >= 15 is 0 Å². The third-order valence-corrected chi connectivity index (χ3v) is 1.78. The Morgan fingerprint density at radius 3 is 1.50 bits per heavy atom. The first-order valence-corrected chi connectivity index (χ1v) is 4.92. The molecule has 78 valence electrons. The molecule has 0 amide bonds. The number of aliphatic carboxylic acids is 1. The van der Waals surface area contributed by atoms with Gasteiger partial charge in [0.1, 0.15) is 0 Å². The molecule has 0 radical (unpaired) electrons. The molecular weight excluding hydrogens is 246 g/mol. The molecule has 0 saturated carbocycles. The highest BCUT2D eigenvalue weighted by molar-refractivity contribution is 6.38. The molecule has 0 saturated heterocycles. The standard InChI is InChI=1S/C6H3Cl3.C3H6O2/c7-4-1-5(8)3-6(9)2-4;1-2-3(4)5/h1-3H;2H2,1H3,(H,4,5). The van der Waals surface area contributed by atoms with E-state index in [0.29, 0.717) is 15.1 Å². The van der Waals surface area contributed by atoms with Crippen molar-refractivity contribution in [2.75, 3.05) is 0 Å². The maximum absolute atomic E-state index is 9.37. The normalized spacial score (nSPS) is 8.86. The summed E-state index contributed by atoms with van der Waals surface area (Å²) in [6.07, 6.45) is 0.222. The highest BCUT2D eigenvalue weighted by Crippen LogP contribution is 2.21. The topological polar surface area (TPSA) is 37.3 Å². The van der Waals surface area contributed by atoms with Crippen LogP contribution in [0.15, 0.2) is 18.2 Å². The summed E-state index contributed by atoms with van der Waals surface area (Å²) in [4.78, 5) is 9.37. The zero-order valence-corrected chi connectivity index (χ0v) is 9.70. The lowest BCUT2D eigenvalue weighted by molar-refractivity contribution is -0.136. The average molecular weight is 256 g/mol. The van der Waals surface area contributed by atoms with Crippen molar-refractivity contribution in [2.24, 2.45) is 0 Å². The van der Waals surface area contributed by atoms with Gasteiger partial charge in [0.15, 0.2) is 0 Å². The van der Waals surface area contributed by atoms with Gasteiger partial charge >= 0.3 is 5.97 Å².